The van der Waals surface area contributed by atoms with Crippen LogP contribution in [0.5, 0.6) is 5.75 Å². The largest absolute Gasteiger partial charge is 0.491 e. The van der Waals surface area contributed by atoms with Crippen LogP contribution in [0.15, 0.2) is 23.2 Å². The third kappa shape index (κ3) is 11.6. The maximum absolute atomic E-state index is 12.3. The van der Waals surface area contributed by atoms with Crippen LogP contribution in [0.2, 0.25) is 0 Å². The van der Waals surface area contributed by atoms with Crippen LogP contribution in [0.4, 0.5) is 13.2 Å². The lowest BCUT2D eigenvalue weighted by atomic mass is 10.1. The minimum Gasteiger partial charge on any atom is -0.491 e. The van der Waals surface area contributed by atoms with Gasteiger partial charge in [-0.25, -0.2) is 0 Å². The number of guanidine groups is 1. The third-order valence-electron chi connectivity index (χ3n) is 3.71. The molecule has 0 atom stereocenters. The molecule has 0 spiro atoms. The summed E-state index contributed by atoms with van der Waals surface area (Å²) in [4.78, 5) is 5.41. The van der Waals surface area contributed by atoms with Gasteiger partial charge in [-0.2, -0.15) is 13.2 Å². The molecule has 0 unspecified atom stereocenters. The number of benzene rings is 1. The summed E-state index contributed by atoms with van der Waals surface area (Å²) in [6.45, 7) is 6.51. The van der Waals surface area contributed by atoms with Gasteiger partial charge in [-0.1, -0.05) is 12.1 Å². The van der Waals surface area contributed by atoms with Crippen LogP contribution in [0.1, 0.15) is 31.4 Å². The maximum Gasteiger partial charge on any atom is 0.401 e. The summed E-state index contributed by atoms with van der Waals surface area (Å²) < 4.78 is 42.8. The van der Waals surface area contributed by atoms with Gasteiger partial charge >= 0.3 is 6.18 Å². The molecule has 5 nitrogen and oxygen atoms in total. The fraction of sp³-hybridized carbons (Fsp3) is 0.632. The summed E-state index contributed by atoms with van der Waals surface area (Å²) >= 11 is 0. The molecular formula is C19H32F3IN4O. The molecule has 2 N–H and O–H groups in total. The van der Waals surface area contributed by atoms with Gasteiger partial charge in [0.05, 0.1) is 12.6 Å². The second-order valence-electron chi connectivity index (χ2n) is 6.84. The first kappa shape index (κ1) is 26.8. The molecule has 0 bridgehead atoms. The summed E-state index contributed by atoms with van der Waals surface area (Å²) in [7, 11) is 3.12. The van der Waals surface area contributed by atoms with Crippen LogP contribution in [0.3, 0.4) is 0 Å². The highest BCUT2D eigenvalue weighted by molar-refractivity contribution is 14.0. The number of hydrogen-bond donors (Lipinski definition) is 2. The quantitative estimate of drug-likeness (QED) is 0.226. The molecule has 0 saturated carbocycles. The standard InChI is InChI=1S/C19H31F3N4O.HI/c1-14(2)27-17-11-15(3)7-8-16(17)12-25-18(23-4)24-9-6-10-26(5)13-19(20,21)22;/h7-8,11,14H,6,9-10,12-13H2,1-5H3,(H2,23,24,25);1H. The molecule has 1 aromatic rings. The molecular weight excluding hydrogens is 484 g/mol. The number of rotatable bonds is 9. The summed E-state index contributed by atoms with van der Waals surface area (Å²) in [5.74, 6) is 1.44. The van der Waals surface area contributed by atoms with Crippen molar-refractivity contribution in [2.24, 2.45) is 4.99 Å². The SMILES string of the molecule is CN=C(NCCCN(C)CC(F)(F)F)NCc1ccc(C)cc1OC(C)C.I. The molecule has 0 aliphatic carbocycles. The predicted octanol–water partition coefficient (Wildman–Crippen LogP) is 3.95. The number of nitrogens with zero attached hydrogens (tertiary/aromatic N) is 2. The van der Waals surface area contributed by atoms with E-state index in [9.17, 15) is 13.2 Å². The van der Waals surface area contributed by atoms with E-state index in [1.165, 1.54) is 11.9 Å². The number of alkyl halides is 3. The Balaban J connectivity index is 0.00000729. The van der Waals surface area contributed by atoms with Gasteiger partial charge < -0.3 is 15.4 Å². The summed E-state index contributed by atoms with van der Waals surface area (Å²) in [5.41, 5.74) is 2.14. The lowest BCUT2D eigenvalue weighted by Gasteiger charge is -2.19. The molecule has 0 fully saturated rings. The lowest BCUT2D eigenvalue weighted by molar-refractivity contribution is -0.143. The van der Waals surface area contributed by atoms with Crippen LogP contribution >= 0.6 is 24.0 Å². The zero-order valence-electron chi connectivity index (χ0n) is 17.2. The first-order valence-electron chi connectivity index (χ1n) is 9.06. The van der Waals surface area contributed by atoms with E-state index in [1.54, 1.807) is 7.05 Å². The normalized spacial score (nSPS) is 12.1. The van der Waals surface area contributed by atoms with E-state index in [1.807, 2.05) is 39.0 Å². The van der Waals surface area contributed by atoms with Gasteiger partial charge in [0.25, 0.3) is 0 Å². The molecule has 0 aromatic heterocycles. The Kier molecular flexibility index (Phi) is 12.5. The number of ether oxygens (including phenoxy) is 1. The second-order valence-corrected chi connectivity index (χ2v) is 6.84. The first-order valence-corrected chi connectivity index (χ1v) is 9.06. The summed E-state index contributed by atoms with van der Waals surface area (Å²) in [5, 5.41) is 6.33. The second kappa shape index (κ2) is 13.1. The topological polar surface area (TPSA) is 48.9 Å². The molecule has 0 saturated heterocycles. The maximum atomic E-state index is 12.3. The van der Waals surface area contributed by atoms with E-state index in [4.69, 9.17) is 4.74 Å². The Morgan fingerprint density at radius 2 is 1.93 bits per heavy atom. The lowest BCUT2D eigenvalue weighted by Crippen LogP contribution is -2.39. The highest BCUT2D eigenvalue weighted by Crippen LogP contribution is 2.21. The average Bonchev–Trinajstić information content (AvgIpc) is 2.53. The van der Waals surface area contributed by atoms with Crippen LogP contribution in [-0.4, -0.2) is 56.9 Å². The van der Waals surface area contributed by atoms with Crippen LogP contribution in [0, 0.1) is 6.92 Å². The molecule has 1 aromatic carbocycles. The highest BCUT2D eigenvalue weighted by atomic mass is 127. The van der Waals surface area contributed by atoms with E-state index in [2.05, 4.69) is 15.6 Å². The Bertz CT molecular complexity index is 609. The molecule has 28 heavy (non-hydrogen) atoms. The van der Waals surface area contributed by atoms with E-state index in [0.29, 0.717) is 32.0 Å². The molecule has 9 heteroatoms. The van der Waals surface area contributed by atoms with Gasteiger partial charge in [-0.15, -0.1) is 24.0 Å². The Morgan fingerprint density at radius 1 is 1.25 bits per heavy atom. The summed E-state index contributed by atoms with van der Waals surface area (Å²) in [6, 6.07) is 6.04. The van der Waals surface area contributed by atoms with Gasteiger partial charge in [0.2, 0.25) is 0 Å². The molecule has 0 amide bonds. The number of nitrogens with one attached hydrogen (secondary N) is 2. The van der Waals surface area contributed by atoms with Crippen molar-refractivity contribution in [2.45, 2.75) is 46.0 Å². The van der Waals surface area contributed by atoms with Crippen LogP contribution in [-0.2, 0) is 6.54 Å². The van der Waals surface area contributed by atoms with Gasteiger partial charge in [-0.3, -0.25) is 9.89 Å². The zero-order chi connectivity index (χ0) is 20.4. The average molecular weight is 516 g/mol. The van der Waals surface area contributed by atoms with Gasteiger partial charge in [0.15, 0.2) is 5.96 Å². The van der Waals surface area contributed by atoms with Crippen molar-refractivity contribution in [3.05, 3.63) is 29.3 Å². The molecule has 0 radical (unpaired) electrons. The third-order valence-corrected chi connectivity index (χ3v) is 3.71. The number of hydrogen-bond acceptors (Lipinski definition) is 3. The Morgan fingerprint density at radius 3 is 2.50 bits per heavy atom. The monoisotopic (exact) mass is 516 g/mol. The van der Waals surface area contributed by atoms with Crippen molar-refractivity contribution in [1.29, 1.82) is 0 Å². The minimum atomic E-state index is -4.16. The molecule has 0 aliphatic rings. The number of halogens is 4. The van der Waals surface area contributed by atoms with Crippen molar-refractivity contribution >= 4 is 29.9 Å². The van der Waals surface area contributed by atoms with Crippen molar-refractivity contribution in [3.63, 3.8) is 0 Å². The fourth-order valence-electron chi connectivity index (χ4n) is 2.51. The van der Waals surface area contributed by atoms with Crippen molar-refractivity contribution < 1.29 is 17.9 Å². The highest BCUT2D eigenvalue weighted by Gasteiger charge is 2.28. The van der Waals surface area contributed by atoms with Crippen LogP contribution < -0.4 is 15.4 Å². The predicted molar refractivity (Wildman–Crippen MR) is 119 cm³/mol. The van der Waals surface area contributed by atoms with E-state index < -0.39 is 12.7 Å². The smallest absolute Gasteiger partial charge is 0.401 e. The van der Waals surface area contributed by atoms with Gasteiger partial charge in [-0.05, 0) is 52.4 Å². The molecule has 162 valence electrons. The van der Waals surface area contributed by atoms with E-state index in [0.717, 1.165) is 16.9 Å². The van der Waals surface area contributed by atoms with Gasteiger partial charge in [0.1, 0.15) is 5.75 Å². The molecule has 0 aliphatic heterocycles. The minimum absolute atomic E-state index is 0. The molecule has 1 rings (SSSR count). The van der Waals surface area contributed by atoms with Crippen LogP contribution in [0.25, 0.3) is 0 Å². The Labute approximate surface area is 183 Å². The first-order chi connectivity index (χ1) is 12.6. The van der Waals surface area contributed by atoms with Gasteiger partial charge in [0, 0.05) is 25.7 Å². The van der Waals surface area contributed by atoms with E-state index in [-0.39, 0.29) is 30.1 Å². The number of aryl methyl sites for hydroxylation is 1. The summed E-state index contributed by atoms with van der Waals surface area (Å²) in [6.07, 6.45) is -3.50. The van der Waals surface area contributed by atoms with Crippen molar-refractivity contribution in [2.75, 3.05) is 33.7 Å². The fourth-order valence-corrected chi connectivity index (χ4v) is 2.51. The number of aliphatic imine (C=N–C) groups is 1. The molecule has 0 heterocycles. The zero-order valence-corrected chi connectivity index (χ0v) is 19.5. The van der Waals surface area contributed by atoms with Crippen molar-refractivity contribution in [1.82, 2.24) is 15.5 Å². The Hall–Kier alpha value is -1.23. The van der Waals surface area contributed by atoms with E-state index >= 15 is 0 Å². The van der Waals surface area contributed by atoms with Crippen molar-refractivity contribution in [3.8, 4) is 5.75 Å².